The van der Waals surface area contributed by atoms with E-state index in [-0.39, 0.29) is 18.1 Å². The molecule has 0 amide bonds. The zero-order valence-corrected chi connectivity index (χ0v) is 17.1. The van der Waals surface area contributed by atoms with Crippen molar-refractivity contribution in [1.82, 2.24) is 4.90 Å². The maximum absolute atomic E-state index is 14.8. The molecule has 1 aromatic carbocycles. The van der Waals surface area contributed by atoms with Crippen LogP contribution in [0.5, 0.6) is 5.75 Å². The summed E-state index contributed by atoms with van der Waals surface area (Å²) in [6, 6.07) is 7.02. The molecule has 26 heavy (non-hydrogen) atoms. The maximum Gasteiger partial charge on any atom is 0.208 e. The number of thiophene rings is 1. The topological polar surface area (TPSA) is 12.5 Å². The van der Waals surface area contributed by atoms with Crippen LogP contribution in [0.1, 0.15) is 34.0 Å². The Labute approximate surface area is 169 Å². The summed E-state index contributed by atoms with van der Waals surface area (Å²) in [5, 5.41) is 0.342. The molecule has 4 rings (SSSR count). The van der Waals surface area contributed by atoms with Crippen LogP contribution in [0, 0.1) is 12.7 Å². The van der Waals surface area contributed by atoms with Gasteiger partial charge in [-0.15, -0.1) is 11.3 Å². The molecular weight excluding hydrogens is 437 g/mol. The summed E-state index contributed by atoms with van der Waals surface area (Å²) in [5.74, 6) is 0.178. The molecule has 0 aliphatic carbocycles. The predicted molar refractivity (Wildman–Crippen MR) is 108 cm³/mol. The van der Waals surface area contributed by atoms with Gasteiger partial charge in [0.25, 0.3) is 0 Å². The van der Waals surface area contributed by atoms with Crippen molar-refractivity contribution in [3.05, 3.63) is 85.4 Å². The number of allylic oxidation sites excluding steroid dienone is 4. The third-order valence-corrected chi connectivity index (χ3v) is 6.19. The van der Waals surface area contributed by atoms with E-state index in [0.717, 1.165) is 9.36 Å². The Bertz CT molecular complexity index is 936. The van der Waals surface area contributed by atoms with Gasteiger partial charge in [-0.2, -0.15) is 0 Å². The molecule has 2 aromatic rings. The Balaban J connectivity index is 1.87. The summed E-state index contributed by atoms with van der Waals surface area (Å²) >= 11 is 11.3. The normalized spacial score (nSPS) is 21.8. The molecule has 0 N–H and O–H groups in total. The van der Waals surface area contributed by atoms with Crippen molar-refractivity contribution in [2.24, 2.45) is 0 Å². The van der Waals surface area contributed by atoms with Crippen molar-refractivity contribution in [3.8, 4) is 5.75 Å². The van der Waals surface area contributed by atoms with Crippen LogP contribution in [0.25, 0.3) is 0 Å². The van der Waals surface area contributed by atoms with Gasteiger partial charge in [-0.3, -0.25) is 0 Å². The standard InChI is InChI=1S/C20H16BrClFNOS/c1-12-7-8-18(26-12)20-24-9-3-5-13(21)4-2-6-16(24)19-15(23)10-14(22)11-17(19)25-20/h2-5,7-11,16,20H,6H2,1H3. The largest absolute Gasteiger partial charge is 0.465 e. The molecule has 2 aliphatic heterocycles. The number of ether oxygens (including phenoxy) is 1. The highest BCUT2D eigenvalue weighted by Crippen LogP contribution is 2.47. The number of hydrogen-bond donors (Lipinski definition) is 0. The molecule has 0 saturated carbocycles. The first kappa shape index (κ1) is 17.8. The average Bonchev–Trinajstić information content (AvgIpc) is 3.03. The number of rotatable bonds is 1. The van der Waals surface area contributed by atoms with Crippen LogP contribution in [-0.2, 0) is 0 Å². The van der Waals surface area contributed by atoms with Crippen molar-refractivity contribution in [2.45, 2.75) is 25.6 Å². The first-order valence-corrected chi connectivity index (χ1v) is 10.2. The fourth-order valence-corrected chi connectivity index (χ4v) is 4.74. The Morgan fingerprint density at radius 2 is 2.19 bits per heavy atom. The first-order chi connectivity index (χ1) is 12.5. The van der Waals surface area contributed by atoms with Crippen LogP contribution in [0.4, 0.5) is 4.39 Å². The van der Waals surface area contributed by atoms with Gasteiger partial charge in [-0.05, 0) is 49.8 Å². The highest BCUT2D eigenvalue weighted by atomic mass is 79.9. The predicted octanol–water partition coefficient (Wildman–Crippen LogP) is 7.04. The van der Waals surface area contributed by atoms with Gasteiger partial charge >= 0.3 is 0 Å². The fraction of sp³-hybridized carbons (Fsp3) is 0.200. The third-order valence-electron chi connectivity index (χ3n) is 4.41. The third kappa shape index (κ3) is 3.36. The van der Waals surface area contributed by atoms with E-state index < -0.39 is 0 Å². The summed E-state index contributed by atoms with van der Waals surface area (Å²) < 4.78 is 22.0. The summed E-state index contributed by atoms with van der Waals surface area (Å²) in [7, 11) is 0. The molecule has 2 aliphatic rings. The number of halogens is 3. The maximum atomic E-state index is 14.8. The lowest BCUT2D eigenvalue weighted by molar-refractivity contribution is 0.00709. The van der Waals surface area contributed by atoms with Crippen molar-refractivity contribution < 1.29 is 9.13 Å². The van der Waals surface area contributed by atoms with Gasteiger partial charge in [0, 0.05) is 20.6 Å². The second-order valence-corrected chi connectivity index (χ2v) is 8.88. The lowest BCUT2D eigenvalue weighted by Crippen LogP contribution is -2.36. The molecule has 2 nitrogen and oxygen atoms in total. The summed E-state index contributed by atoms with van der Waals surface area (Å²) in [6.45, 7) is 2.07. The number of nitrogens with zero attached hydrogens (tertiary/aromatic N) is 1. The minimum atomic E-state index is -0.337. The Kier molecular flexibility index (Phi) is 4.95. The lowest BCUT2D eigenvalue weighted by Gasteiger charge is -2.42. The molecule has 0 bridgehead atoms. The van der Waals surface area contributed by atoms with Gasteiger partial charge in [-0.1, -0.05) is 39.7 Å². The van der Waals surface area contributed by atoms with Crippen LogP contribution < -0.4 is 4.74 Å². The van der Waals surface area contributed by atoms with E-state index in [0.29, 0.717) is 22.8 Å². The van der Waals surface area contributed by atoms with Crippen molar-refractivity contribution in [1.29, 1.82) is 0 Å². The minimum absolute atomic E-state index is 0.178. The van der Waals surface area contributed by atoms with Gasteiger partial charge < -0.3 is 9.64 Å². The first-order valence-electron chi connectivity index (χ1n) is 8.23. The van der Waals surface area contributed by atoms with Crippen LogP contribution >= 0.6 is 38.9 Å². The van der Waals surface area contributed by atoms with Crippen molar-refractivity contribution >= 4 is 38.9 Å². The molecule has 3 heterocycles. The van der Waals surface area contributed by atoms with Crippen LogP contribution in [0.2, 0.25) is 5.02 Å². The van der Waals surface area contributed by atoms with Crippen LogP contribution in [0.15, 0.2) is 59.3 Å². The van der Waals surface area contributed by atoms with E-state index in [1.807, 2.05) is 30.5 Å². The number of hydrogen-bond acceptors (Lipinski definition) is 3. The van der Waals surface area contributed by atoms with Gasteiger partial charge in [0.15, 0.2) is 0 Å². The summed E-state index contributed by atoms with van der Waals surface area (Å²) in [5.41, 5.74) is 0.547. The Hall–Kier alpha value is -1.56. The molecule has 0 radical (unpaired) electrons. The monoisotopic (exact) mass is 451 g/mol. The zero-order chi connectivity index (χ0) is 18.3. The van der Waals surface area contributed by atoms with Gasteiger partial charge in [-0.25, -0.2) is 4.39 Å². The average molecular weight is 453 g/mol. The van der Waals surface area contributed by atoms with E-state index >= 15 is 0 Å². The highest BCUT2D eigenvalue weighted by molar-refractivity contribution is 9.11. The Morgan fingerprint density at radius 3 is 2.96 bits per heavy atom. The highest BCUT2D eigenvalue weighted by Gasteiger charge is 2.37. The second-order valence-electron chi connectivity index (χ2n) is 6.21. The minimum Gasteiger partial charge on any atom is -0.465 e. The number of aryl methyl sites for hydroxylation is 1. The molecule has 0 fully saturated rings. The number of fused-ring (bicyclic) bond motifs is 3. The van der Waals surface area contributed by atoms with Crippen molar-refractivity contribution in [2.75, 3.05) is 0 Å². The summed E-state index contributed by atoms with van der Waals surface area (Å²) in [4.78, 5) is 4.37. The number of benzene rings is 1. The van der Waals surface area contributed by atoms with E-state index in [9.17, 15) is 4.39 Å². The molecule has 6 heteroatoms. The van der Waals surface area contributed by atoms with E-state index in [1.165, 1.54) is 10.9 Å². The molecule has 1 aromatic heterocycles. The van der Waals surface area contributed by atoms with E-state index in [1.54, 1.807) is 17.4 Å². The van der Waals surface area contributed by atoms with Gasteiger partial charge in [0.1, 0.15) is 11.6 Å². The smallest absolute Gasteiger partial charge is 0.208 e. The van der Waals surface area contributed by atoms with Crippen LogP contribution in [-0.4, -0.2) is 4.90 Å². The molecule has 2 unspecified atom stereocenters. The quantitative estimate of drug-likeness (QED) is 0.460. The summed E-state index contributed by atoms with van der Waals surface area (Å²) in [6.07, 6.45) is 10.2. The molecule has 0 spiro atoms. The van der Waals surface area contributed by atoms with Gasteiger partial charge in [0.05, 0.1) is 16.5 Å². The van der Waals surface area contributed by atoms with E-state index in [4.69, 9.17) is 16.3 Å². The SMILES string of the molecule is Cc1ccc(C2Oc3cc(Cl)cc(F)c3C3CC=CC(Br)=CC=CN32)s1. The Morgan fingerprint density at radius 1 is 1.35 bits per heavy atom. The molecule has 0 saturated heterocycles. The molecule has 2 atom stereocenters. The fourth-order valence-electron chi connectivity index (χ4n) is 3.29. The lowest BCUT2D eigenvalue weighted by atomic mass is 9.97. The van der Waals surface area contributed by atoms with E-state index in [2.05, 4.69) is 39.9 Å². The van der Waals surface area contributed by atoms with Crippen LogP contribution in [0.3, 0.4) is 0 Å². The second kappa shape index (κ2) is 7.22. The zero-order valence-electron chi connectivity index (χ0n) is 14.0. The van der Waals surface area contributed by atoms with Crippen molar-refractivity contribution in [3.63, 3.8) is 0 Å². The molecule has 134 valence electrons. The molecular formula is C20H16BrClFNOS. The van der Waals surface area contributed by atoms with Gasteiger partial charge in [0.2, 0.25) is 6.23 Å².